The van der Waals surface area contributed by atoms with E-state index in [4.69, 9.17) is 4.84 Å². The summed E-state index contributed by atoms with van der Waals surface area (Å²) in [4.78, 5) is 42.6. The fraction of sp³-hybridized carbons (Fsp3) is 0.0455. The summed E-state index contributed by atoms with van der Waals surface area (Å²) in [6.07, 6.45) is 0. The summed E-state index contributed by atoms with van der Waals surface area (Å²) in [7, 11) is -3.98. The van der Waals surface area contributed by atoms with Crippen molar-refractivity contribution in [3.8, 4) is 0 Å². The predicted octanol–water partition coefficient (Wildman–Crippen LogP) is 3.16. The maximum atomic E-state index is 12.7. The topological polar surface area (TPSA) is 110 Å². The molecular formula is C22H16N2O6S. The van der Waals surface area contributed by atoms with E-state index >= 15 is 0 Å². The summed E-state index contributed by atoms with van der Waals surface area (Å²) in [5.74, 6) is -2.60. The van der Waals surface area contributed by atoms with Crippen molar-refractivity contribution >= 4 is 33.5 Å². The van der Waals surface area contributed by atoms with Gasteiger partial charge in [0.2, 0.25) is 0 Å². The molecule has 2 amide bonds. The highest BCUT2D eigenvalue weighted by molar-refractivity contribution is 7.92. The van der Waals surface area contributed by atoms with Gasteiger partial charge in [0, 0.05) is 0 Å². The van der Waals surface area contributed by atoms with Crippen LogP contribution in [0.1, 0.15) is 36.6 Å². The lowest BCUT2D eigenvalue weighted by Crippen LogP contribution is -2.33. The number of hydroxylamine groups is 2. The number of imide groups is 1. The Kier molecular flexibility index (Phi) is 5.04. The van der Waals surface area contributed by atoms with E-state index in [9.17, 15) is 22.8 Å². The predicted molar refractivity (Wildman–Crippen MR) is 111 cm³/mol. The minimum atomic E-state index is -3.98. The fourth-order valence-corrected chi connectivity index (χ4v) is 4.13. The number of amides is 2. The van der Waals surface area contributed by atoms with E-state index in [-0.39, 0.29) is 27.3 Å². The number of para-hydroxylation sites is 1. The Morgan fingerprint density at radius 1 is 0.839 bits per heavy atom. The number of carbonyl (C=O) groups is 3. The third-order valence-corrected chi connectivity index (χ3v) is 6.03. The molecule has 0 saturated carbocycles. The molecule has 0 unspecified atom stereocenters. The first-order valence-electron chi connectivity index (χ1n) is 9.16. The van der Waals surface area contributed by atoms with Gasteiger partial charge in [0.1, 0.15) is 0 Å². The van der Waals surface area contributed by atoms with Crippen LogP contribution in [0.25, 0.3) is 0 Å². The number of aryl methyl sites for hydroxylation is 1. The van der Waals surface area contributed by atoms with E-state index in [0.29, 0.717) is 5.06 Å². The van der Waals surface area contributed by atoms with Crippen LogP contribution in [0, 0.1) is 6.92 Å². The van der Waals surface area contributed by atoms with Gasteiger partial charge in [-0.15, -0.1) is 0 Å². The molecule has 1 aliphatic heterocycles. The zero-order valence-electron chi connectivity index (χ0n) is 16.2. The number of rotatable bonds is 5. The highest BCUT2D eigenvalue weighted by Crippen LogP contribution is 2.26. The maximum Gasteiger partial charge on any atom is 0.366 e. The molecule has 0 aromatic heterocycles. The lowest BCUT2D eigenvalue weighted by Gasteiger charge is -2.15. The Balaban J connectivity index is 1.59. The molecule has 0 aliphatic carbocycles. The van der Waals surface area contributed by atoms with Crippen LogP contribution >= 0.6 is 0 Å². The number of hydrogen-bond donors (Lipinski definition) is 1. The molecule has 0 saturated heterocycles. The number of fused-ring (bicyclic) bond motifs is 1. The lowest BCUT2D eigenvalue weighted by molar-refractivity contribution is -0.0583. The standard InChI is InChI=1S/C22H16N2O6S/c1-14-10-12-15(13-11-14)31(28,29)23-19-9-5-4-8-18(19)22(27)30-24-20(25)16-6-2-3-7-17(16)21(24)26/h2-13,23H,1H3. The van der Waals surface area contributed by atoms with Crippen molar-refractivity contribution < 1.29 is 27.6 Å². The van der Waals surface area contributed by atoms with Crippen LogP contribution in [-0.2, 0) is 14.9 Å². The van der Waals surface area contributed by atoms with Crippen molar-refractivity contribution in [2.24, 2.45) is 0 Å². The van der Waals surface area contributed by atoms with Gasteiger partial charge < -0.3 is 4.84 Å². The molecular weight excluding hydrogens is 420 g/mol. The summed E-state index contributed by atoms with van der Waals surface area (Å²) in [6.45, 7) is 1.83. The molecule has 31 heavy (non-hydrogen) atoms. The van der Waals surface area contributed by atoms with E-state index in [1.165, 1.54) is 48.5 Å². The summed E-state index contributed by atoms with van der Waals surface area (Å²) >= 11 is 0. The molecule has 1 N–H and O–H groups in total. The first-order valence-corrected chi connectivity index (χ1v) is 10.6. The van der Waals surface area contributed by atoms with E-state index in [0.717, 1.165) is 5.56 Å². The van der Waals surface area contributed by atoms with Gasteiger partial charge in [0.05, 0.1) is 27.3 Å². The van der Waals surface area contributed by atoms with Crippen LogP contribution in [0.15, 0.2) is 77.7 Å². The largest absolute Gasteiger partial charge is 0.366 e. The highest BCUT2D eigenvalue weighted by atomic mass is 32.2. The fourth-order valence-electron chi connectivity index (χ4n) is 3.05. The summed E-state index contributed by atoms with van der Waals surface area (Å²) in [5.41, 5.74) is 0.922. The van der Waals surface area contributed by atoms with Crippen molar-refractivity contribution in [3.05, 3.63) is 95.1 Å². The van der Waals surface area contributed by atoms with E-state index < -0.39 is 27.8 Å². The van der Waals surface area contributed by atoms with Crippen molar-refractivity contribution in [1.29, 1.82) is 0 Å². The van der Waals surface area contributed by atoms with Gasteiger partial charge in [0.15, 0.2) is 0 Å². The first kappa shape index (κ1) is 20.3. The van der Waals surface area contributed by atoms with Crippen LogP contribution in [0.2, 0.25) is 0 Å². The van der Waals surface area contributed by atoms with Crippen molar-refractivity contribution in [2.75, 3.05) is 4.72 Å². The Hall–Kier alpha value is -3.98. The molecule has 0 bridgehead atoms. The number of sulfonamides is 1. The number of hydrogen-bond acceptors (Lipinski definition) is 6. The quantitative estimate of drug-likeness (QED) is 0.615. The molecule has 156 valence electrons. The minimum absolute atomic E-state index is 0.0154. The molecule has 0 atom stereocenters. The van der Waals surface area contributed by atoms with Crippen LogP contribution in [0.4, 0.5) is 5.69 Å². The molecule has 3 aromatic carbocycles. The van der Waals surface area contributed by atoms with E-state index in [1.54, 1.807) is 24.3 Å². The average Bonchev–Trinajstić information content (AvgIpc) is 2.99. The van der Waals surface area contributed by atoms with E-state index in [1.807, 2.05) is 6.92 Å². The first-order chi connectivity index (χ1) is 14.8. The van der Waals surface area contributed by atoms with Gasteiger partial charge in [-0.05, 0) is 43.3 Å². The molecule has 9 heteroatoms. The van der Waals surface area contributed by atoms with Crippen molar-refractivity contribution in [2.45, 2.75) is 11.8 Å². The Morgan fingerprint density at radius 3 is 2.00 bits per heavy atom. The van der Waals surface area contributed by atoms with Crippen LogP contribution < -0.4 is 4.72 Å². The highest BCUT2D eigenvalue weighted by Gasteiger charge is 2.39. The molecule has 8 nitrogen and oxygen atoms in total. The molecule has 1 heterocycles. The number of nitrogens with one attached hydrogen (secondary N) is 1. The summed E-state index contributed by atoms with van der Waals surface area (Å²) < 4.78 is 27.8. The zero-order chi connectivity index (χ0) is 22.2. The molecule has 1 aliphatic rings. The summed E-state index contributed by atoms with van der Waals surface area (Å²) in [5, 5.41) is 0.373. The monoisotopic (exact) mass is 436 g/mol. The Labute approximate surface area is 178 Å². The number of benzene rings is 3. The maximum absolute atomic E-state index is 12.7. The molecule has 0 fully saturated rings. The smallest absolute Gasteiger partial charge is 0.324 e. The Bertz CT molecular complexity index is 1280. The average molecular weight is 436 g/mol. The second-order valence-electron chi connectivity index (χ2n) is 6.79. The lowest BCUT2D eigenvalue weighted by atomic mass is 10.1. The second kappa shape index (κ2) is 7.69. The second-order valence-corrected chi connectivity index (χ2v) is 8.48. The molecule has 4 rings (SSSR count). The van der Waals surface area contributed by atoms with Crippen LogP contribution in [0.3, 0.4) is 0 Å². The number of nitrogens with zero attached hydrogens (tertiary/aromatic N) is 1. The minimum Gasteiger partial charge on any atom is -0.324 e. The third kappa shape index (κ3) is 3.78. The normalized spacial score (nSPS) is 13.1. The van der Waals surface area contributed by atoms with Crippen LogP contribution in [0.5, 0.6) is 0 Å². The molecule has 0 spiro atoms. The zero-order valence-corrected chi connectivity index (χ0v) is 17.0. The third-order valence-electron chi connectivity index (χ3n) is 4.65. The van der Waals surface area contributed by atoms with Gasteiger partial charge >= 0.3 is 5.97 Å². The SMILES string of the molecule is Cc1ccc(S(=O)(=O)Nc2ccccc2C(=O)ON2C(=O)c3ccccc3C2=O)cc1. The van der Waals surface area contributed by atoms with E-state index in [2.05, 4.69) is 4.72 Å². The molecule has 3 aromatic rings. The van der Waals surface area contributed by atoms with Crippen LogP contribution in [-0.4, -0.2) is 31.3 Å². The van der Waals surface area contributed by atoms with Crippen molar-refractivity contribution in [3.63, 3.8) is 0 Å². The number of carbonyl (C=O) groups excluding carboxylic acids is 3. The Morgan fingerprint density at radius 2 is 1.39 bits per heavy atom. The summed E-state index contributed by atoms with van der Waals surface area (Å²) in [6, 6.07) is 18.0. The van der Waals surface area contributed by atoms with Gasteiger partial charge in [-0.1, -0.05) is 47.0 Å². The van der Waals surface area contributed by atoms with Gasteiger partial charge in [-0.3, -0.25) is 14.3 Å². The molecule has 0 radical (unpaired) electrons. The number of anilines is 1. The van der Waals surface area contributed by atoms with Gasteiger partial charge in [-0.2, -0.15) is 0 Å². The van der Waals surface area contributed by atoms with Gasteiger partial charge in [0.25, 0.3) is 21.8 Å². The van der Waals surface area contributed by atoms with Crippen molar-refractivity contribution in [1.82, 2.24) is 5.06 Å². The van der Waals surface area contributed by atoms with Gasteiger partial charge in [-0.25, -0.2) is 13.2 Å².